The van der Waals surface area contributed by atoms with Crippen LogP contribution in [-0.2, 0) is 11.2 Å². The summed E-state index contributed by atoms with van der Waals surface area (Å²) in [4.78, 5) is 12.1. The second kappa shape index (κ2) is 5.40. The normalized spacial score (nSPS) is 24.4. The first-order chi connectivity index (χ1) is 8.66. The van der Waals surface area contributed by atoms with E-state index in [2.05, 4.69) is 5.32 Å². The quantitative estimate of drug-likeness (QED) is 0.754. The fourth-order valence-corrected chi connectivity index (χ4v) is 2.52. The molecule has 1 aromatic rings. The molecule has 18 heavy (non-hydrogen) atoms. The van der Waals surface area contributed by atoms with Gasteiger partial charge in [-0.05, 0) is 37.0 Å². The molecule has 2 rings (SSSR count). The van der Waals surface area contributed by atoms with Crippen molar-refractivity contribution in [1.82, 2.24) is 5.32 Å². The molecule has 1 atom stereocenters. The number of carbonyl (C=O) groups excluding carboxylic acids is 1. The zero-order chi connectivity index (χ0) is 13.0. The minimum Gasteiger partial charge on any atom is -0.508 e. The number of hydrogen-bond donors (Lipinski definition) is 3. The maximum absolute atomic E-state index is 12.1. The number of nitrogens with one attached hydrogen (secondary N) is 1. The van der Waals surface area contributed by atoms with E-state index < -0.39 is 5.41 Å². The summed E-state index contributed by atoms with van der Waals surface area (Å²) in [6.07, 6.45) is 3.03. The number of phenolic OH excluding ortho intramolecular Hbond substituents is 1. The molecule has 0 radical (unpaired) electrons. The van der Waals surface area contributed by atoms with Crippen LogP contribution < -0.4 is 5.32 Å². The first-order valence-electron chi connectivity index (χ1n) is 6.33. The lowest BCUT2D eigenvalue weighted by Crippen LogP contribution is -2.43. The summed E-state index contributed by atoms with van der Waals surface area (Å²) < 4.78 is 0. The standard InChI is InChI=1S/C14H19NO3/c16-10-14(6-1-2-7-15-13(14)18)9-11-4-3-5-12(17)8-11/h3-5,8,16-17H,1-2,6-7,9-10H2,(H,15,18). The molecule has 4 heteroatoms. The van der Waals surface area contributed by atoms with E-state index >= 15 is 0 Å². The van der Waals surface area contributed by atoms with Crippen molar-refractivity contribution in [2.24, 2.45) is 5.41 Å². The van der Waals surface area contributed by atoms with Gasteiger partial charge in [0.15, 0.2) is 0 Å². The Kier molecular flexibility index (Phi) is 3.87. The number of benzene rings is 1. The number of rotatable bonds is 3. The number of aliphatic hydroxyl groups is 1. The molecule has 1 aliphatic heterocycles. The zero-order valence-electron chi connectivity index (χ0n) is 10.4. The second-order valence-electron chi connectivity index (χ2n) is 5.00. The smallest absolute Gasteiger partial charge is 0.228 e. The summed E-state index contributed by atoms with van der Waals surface area (Å²) in [5.74, 6) is 0.112. The molecule has 1 fully saturated rings. The monoisotopic (exact) mass is 249 g/mol. The Morgan fingerprint density at radius 1 is 1.33 bits per heavy atom. The molecule has 1 heterocycles. The van der Waals surface area contributed by atoms with Gasteiger partial charge in [-0.3, -0.25) is 4.79 Å². The van der Waals surface area contributed by atoms with Crippen LogP contribution in [0.15, 0.2) is 24.3 Å². The van der Waals surface area contributed by atoms with E-state index in [1.807, 2.05) is 6.07 Å². The molecule has 0 bridgehead atoms. The van der Waals surface area contributed by atoms with Crippen LogP contribution in [0.4, 0.5) is 0 Å². The fraction of sp³-hybridized carbons (Fsp3) is 0.500. The number of aliphatic hydroxyl groups excluding tert-OH is 1. The molecule has 0 spiro atoms. The van der Waals surface area contributed by atoms with Gasteiger partial charge in [-0.2, -0.15) is 0 Å². The molecule has 98 valence electrons. The minimum absolute atomic E-state index is 0.0779. The van der Waals surface area contributed by atoms with Crippen molar-refractivity contribution in [3.63, 3.8) is 0 Å². The Balaban J connectivity index is 2.23. The molecule has 1 saturated heterocycles. The van der Waals surface area contributed by atoms with E-state index in [0.717, 1.165) is 18.4 Å². The summed E-state index contributed by atoms with van der Waals surface area (Å²) >= 11 is 0. The van der Waals surface area contributed by atoms with Crippen LogP contribution in [0.1, 0.15) is 24.8 Å². The summed E-state index contributed by atoms with van der Waals surface area (Å²) in [6, 6.07) is 6.87. The van der Waals surface area contributed by atoms with E-state index in [4.69, 9.17) is 0 Å². The number of aromatic hydroxyl groups is 1. The number of phenols is 1. The molecular formula is C14H19NO3. The van der Waals surface area contributed by atoms with Gasteiger partial charge in [0.25, 0.3) is 0 Å². The van der Waals surface area contributed by atoms with Crippen LogP contribution in [-0.4, -0.2) is 29.3 Å². The van der Waals surface area contributed by atoms with E-state index in [0.29, 0.717) is 19.4 Å². The lowest BCUT2D eigenvalue weighted by Gasteiger charge is -2.28. The van der Waals surface area contributed by atoms with Gasteiger partial charge in [0.05, 0.1) is 12.0 Å². The summed E-state index contributed by atoms with van der Waals surface area (Å²) in [5.41, 5.74) is 0.130. The molecule has 3 N–H and O–H groups in total. The number of carbonyl (C=O) groups is 1. The Morgan fingerprint density at radius 2 is 2.17 bits per heavy atom. The highest BCUT2D eigenvalue weighted by atomic mass is 16.3. The summed E-state index contributed by atoms with van der Waals surface area (Å²) in [6.45, 7) is 0.523. The summed E-state index contributed by atoms with van der Waals surface area (Å²) in [7, 11) is 0. The van der Waals surface area contributed by atoms with Crippen molar-refractivity contribution in [3.8, 4) is 5.75 Å². The Labute approximate surface area is 107 Å². The van der Waals surface area contributed by atoms with E-state index in [1.54, 1.807) is 18.2 Å². The van der Waals surface area contributed by atoms with Crippen LogP contribution in [0.2, 0.25) is 0 Å². The average molecular weight is 249 g/mol. The molecule has 4 nitrogen and oxygen atoms in total. The van der Waals surface area contributed by atoms with Crippen molar-refractivity contribution in [2.45, 2.75) is 25.7 Å². The Hall–Kier alpha value is -1.55. The van der Waals surface area contributed by atoms with Gasteiger partial charge >= 0.3 is 0 Å². The second-order valence-corrected chi connectivity index (χ2v) is 5.00. The van der Waals surface area contributed by atoms with E-state index in [9.17, 15) is 15.0 Å². The third-order valence-electron chi connectivity index (χ3n) is 3.61. The maximum atomic E-state index is 12.1. The third-order valence-corrected chi connectivity index (χ3v) is 3.61. The Bertz CT molecular complexity index is 433. The molecule has 1 aliphatic rings. The number of amides is 1. The third kappa shape index (κ3) is 2.64. The molecule has 1 unspecified atom stereocenters. The van der Waals surface area contributed by atoms with Crippen LogP contribution in [0.5, 0.6) is 5.75 Å². The van der Waals surface area contributed by atoms with Crippen molar-refractivity contribution in [2.75, 3.05) is 13.2 Å². The van der Waals surface area contributed by atoms with Crippen LogP contribution >= 0.6 is 0 Å². The average Bonchev–Trinajstić information content (AvgIpc) is 2.53. The molecule has 1 amide bonds. The van der Waals surface area contributed by atoms with E-state index in [1.165, 1.54) is 0 Å². The van der Waals surface area contributed by atoms with Gasteiger partial charge in [-0.25, -0.2) is 0 Å². The first kappa shape index (κ1) is 12.9. The molecule has 0 aromatic heterocycles. The van der Waals surface area contributed by atoms with Gasteiger partial charge in [0.2, 0.25) is 5.91 Å². The molecule has 0 aliphatic carbocycles. The maximum Gasteiger partial charge on any atom is 0.228 e. The van der Waals surface area contributed by atoms with Crippen molar-refractivity contribution in [1.29, 1.82) is 0 Å². The highest BCUT2D eigenvalue weighted by molar-refractivity contribution is 5.83. The SMILES string of the molecule is O=C1NCCCCC1(CO)Cc1cccc(O)c1. The van der Waals surface area contributed by atoms with Crippen molar-refractivity contribution >= 4 is 5.91 Å². The van der Waals surface area contributed by atoms with Gasteiger partial charge < -0.3 is 15.5 Å². The van der Waals surface area contributed by atoms with Crippen molar-refractivity contribution < 1.29 is 15.0 Å². The fourth-order valence-electron chi connectivity index (χ4n) is 2.52. The van der Waals surface area contributed by atoms with Crippen LogP contribution in [0.3, 0.4) is 0 Å². The predicted molar refractivity (Wildman–Crippen MR) is 68.2 cm³/mol. The molecular weight excluding hydrogens is 230 g/mol. The van der Waals surface area contributed by atoms with Gasteiger partial charge in [-0.1, -0.05) is 18.6 Å². The molecule has 1 aromatic carbocycles. The molecule has 0 saturated carbocycles. The number of hydrogen-bond acceptors (Lipinski definition) is 3. The lowest BCUT2D eigenvalue weighted by atomic mass is 9.78. The van der Waals surface area contributed by atoms with Crippen molar-refractivity contribution in [3.05, 3.63) is 29.8 Å². The summed E-state index contributed by atoms with van der Waals surface area (Å²) in [5, 5.41) is 22.0. The van der Waals surface area contributed by atoms with Crippen LogP contribution in [0, 0.1) is 5.41 Å². The van der Waals surface area contributed by atoms with E-state index in [-0.39, 0.29) is 18.3 Å². The van der Waals surface area contributed by atoms with Gasteiger partial charge in [-0.15, -0.1) is 0 Å². The topological polar surface area (TPSA) is 69.6 Å². The lowest BCUT2D eigenvalue weighted by molar-refractivity contribution is -0.133. The highest BCUT2D eigenvalue weighted by Gasteiger charge is 2.38. The highest BCUT2D eigenvalue weighted by Crippen LogP contribution is 2.31. The Morgan fingerprint density at radius 3 is 2.89 bits per heavy atom. The van der Waals surface area contributed by atoms with Crippen LogP contribution in [0.25, 0.3) is 0 Å². The predicted octanol–water partition coefficient (Wildman–Crippen LogP) is 1.21. The first-order valence-corrected chi connectivity index (χ1v) is 6.33. The largest absolute Gasteiger partial charge is 0.508 e. The zero-order valence-corrected chi connectivity index (χ0v) is 10.4. The van der Waals surface area contributed by atoms with Gasteiger partial charge in [0.1, 0.15) is 5.75 Å². The minimum atomic E-state index is -0.746. The van der Waals surface area contributed by atoms with Gasteiger partial charge in [0, 0.05) is 6.54 Å².